The minimum Gasteiger partial charge on any atom is -0.377 e. The summed E-state index contributed by atoms with van der Waals surface area (Å²) in [4.78, 5) is 0.966. The van der Waals surface area contributed by atoms with Gasteiger partial charge < -0.3 is 5.32 Å². The molecule has 0 saturated heterocycles. The molecule has 0 spiro atoms. The maximum atomic E-state index is 13.0. The van der Waals surface area contributed by atoms with Crippen LogP contribution in [-0.4, -0.2) is 0 Å². The molecule has 0 aliphatic heterocycles. The molecule has 1 unspecified atom stereocenters. The Labute approximate surface area is 135 Å². The van der Waals surface area contributed by atoms with Crippen molar-refractivity contribution in [2.24, 2.45) is 0 Å². The van der Waals surface area contributed by atoms with Crippen molar-refractivity contribution in [1.82, 2.24) is 0 Å². The van der Waals surface area contributed by atoms with E-state index in [4.69, 9.17) is 0 Å². The van der Waals surface area contributed by atoms with Gasteiger partial charge >= 0.3 is 6.18 Å². The number of thiophene rings is 1. The fraction of sp³-hybridized carbons (Fsp3) is 0.231. The van der Waals surface area contributed by atoms with Gasteiger partial charge in [-0.05, 0) is 47.1 Å². The summed E-state index contributed by atoms with van der Waals surface area (Å²) in [6, 6.07) is 5.81. The number of benzene rings is 1. The maximum Gasteiger partial charge on any atom is 0.418 e. The maximum absolute atomic E-state index is 13.0. The third-order valence-corrected chi connectivity index (χ3v) is 5.04. The summed E-state index contributed by atoms with van der Waals surface area (Å²) >= 11 is 7.90. The molecule has 0 radical (unpaired) electrons. The molecule has 2 aromatic rings. The van der Waals surface area contributed by atoms with Gasteiger partial charge in [-0.1, -0.05) is 15.9 Å². The first kappa shape index (κ1) is 15.9. The van der Waals surface area contributed by atoms with Gasteiger partial charge in [0, 0.05) is 24.9 Å². The Kier molecular flexibility index (Phi) is 4.81. The summed E-state index contributed by atoms with van der Waals surface area (Å²) in [5.41, 5.74) is -0.591. The zero-order chi connectivity index (χ0) is 14.9. The van der Waals surface area contributed by atoms with Crippen molar-refractivity contribution in [1.29, 1.82) is 0 Å². The van der Waals surface area contributed by atoms with Crippen molar-refractivity contribution in [2.75, 3.05) is 5.32 Å². The molecule has 1 atom stereocenters. The first-order chi connectivity index (χ1) is 9.27. The molecule has 1 aromatic heterocycles. The Morgan fingerprint density at radius 1 is 1.15 bits per heavy atom. The Balaban J connectivity index is 2.29. The van der Waals surface area contributed by atoms with E-state index in [1.54, 1.807) is 6.07 Å². The van der Waals surface area contributed by atoms with Gasteiger partial charge in [0.1, 0.15) is 0 Å². The van der Waals surface area contributed by atoms with Crippen LogP contribution in [0.3, 0.4) is 0 Å². The number of nitrogens with one attached hydrogen (secondary N) is 1. The fourth-order valence-electron chi connectivity index (χ4n) is 1.74. The van der Waals surface area contributed by atoms with E-state index in [1.165, 1.54) is 17.4 Å². The van der Waals surface area contributed by atoms with Crippen LogP contribution >= 0.6 is 43.2 Å². The van der Waals surface area contributed by atoms with E-state index in [-0.39, 0.29) is 11.7 Å². The molecule has 1 aromatic carbocycles. The first-order valence-electron chi connectivity index (χ1n) is 5.64. The number of hydrogen-bond acceptors (Lipinski definition) is 2. The van der Waals surface area contributed by atoms with Crippen molar-refractivity contribution >= 4 is 48.9 Å². The van der Waals surface area contributed by atoms with Crippen LogP contribution in [0.4, 0.5) is 18.9 Å². The second-order valence-electron chi connectivity index (χ2n) is 4.22. The molecule has 108 valence electrons. The van der Waals surface area contributed by atoms with E-state index in [0.29, 0.717) is 4.47 Å². The van der Waals surface area contributed by atoms with Gasteiger partial charge in [0.15, 0.2) is 0 Å². The van der Waals surface area contributed by atoms with Crippen LogP contribution in [0.5, 0.6) is 0 Å². The minimum absolute atomic E-state index is 0.0812. The Morgan fingerprint density at radius 3 is 2.40 bits per heavy atom. The Bertz CT molecular complexity index is 610. The Morgan fingerprint density at radius 2 is 1.85 bits per heavy atom. The summed E-state index contributed by atoms with van der Waals surface area (Å²) < 4.78 is 40.4. The summed E-state index contributed by atoms with van der Waals surface area (Å²) in [6.45, 7) is 1.83. The van der Waals surface area contributed by atoms with Crippen molar-refractivity contribution in [3.8, 4) is 0 Å². The third-order valence-electron chi connectivity index (χ3n) is 2.67. The van der Waals surface area contributed by atoms with Crippen LogP contribution in [0, 0.1) is 0 Å². The van der Waals surface area contributed by atoms with E-state index in [0.717, 1.165) is 15.4 Å². The summed E-state index contributed by atoms with van der Waals surface area (Å²) in [7, 11) is 0. The highest BCUT2D eigenvalue weighted by molar-refractivity contribution is 9.10. The molecule has 0 fully saturated rings. The van der Waals surface area contributed by atoms with Crippen LogP contribution in [0.15, 0.2) is 38.6 Å². The van der Waals surface area contributed by atoms with Crippen LogP contribution < -0.4 is 5.32 Å². The molecule has 2 rings (SSSR count). The zero-order valence-corrected chi connectivity index (χ0v) is 14.3. The molecule has 7 heteroatoms. The lowest BCUT2D eigenvalue weighted by atomic mass is 10.1. The lowest BCUT2D eigenvalue weighted by Gasteiger charge is -2.19. The molecule has 1 heterocycles. The smallest absolute Gasteiger partial charge is 0.377 e. The van der Waals surface area contributed by atoms with Crippen LogP contribution in [0.2, 0.25) is 0 Å². The molecule has 0 amide bonds. The summed E-state index contributed by atoms with van der Waals surface area (Å²) in [6.07, 6.45) is -4.39. The molecular formula is C13H10Br2F3NS. The van der Waals surface area contributed by atoms with Gasteiger partial charge in [0.2, 0.25) is 0 Å². The van der Waals surface area contributed by atoms with E-state index in [9.17, 15) is 13.2 Å². The average molecular weight is 429 g/mol. The van der Waals surface area contributed by atoms with Crippen molar-refractivity contribution < 1.29 is 13.2 Å². The largest absolute Gasteiger partial charge is 0.418 e. The van der Waals surface area contributed by atoms with Gasteiger partial charge in [-0.25, -0.2) is 0 Å². The number of anilines is 1. The SMILES string of the molecule is CC(Nc1ccc(Br)cc1C(F)(F)F)c1cc(Br)cs1. The summed E-state index contributed by atoms with van der Waals surface area (Å²) in [5, 5.41) is 4.83. The fourth-order valence-corrected chi connectivity index (χ4v) is 3.55. The van der Waals surface area contributed by atoms with E-state index in [1.807, 2.05) is 18.4 Å². The number of hydrogen-bond donors (Lipinski definition) is 1. The molecule has 0 saturated carbocycles. The van der Waals surface area contributed by atoms with Crippen LogP contribution in [-0.2, 0) is 6.18 Å². The molecule has 20 heavy (non-hydrogen) atoms. The van der Waals surface area contributed by atoms with Crippen LogP contribution in [0.1, 0.15) is 23.4 Å². The van der Waals surface area contributed by atoms with Crippen molar-refractivity contribution in [2.45, 2.75) is 19.1 Å². The molecule has 1 nitrogen and oxygen atoms in total. The number of halogens is 5. The number of rotatable bonds is 3. The average Bonchev–Trinajstić information content (AvgIpc) is 2.77. The molecule has 1 N–H and O–H groups in total. The van der Waals surface area contributed by atoms with Gasteiger partial charge in [-0.2, -0.15) is 13.2 Å². The van der Waals surface area contributed by atoms with E-state index in [2.05, 4.69) is 37.2 Å². The molecule has 0 aliphatic carbocycles. The predicted octanol–water partition coefficient (Wildman–Crippen LogP) is 6.47. The lowest BCUT2D eigenvalue weighted by molar-refractivity contribution is -0.137. The highest BCUT2D eigenvalue weighted by atomic mass is 79.9. The van der Waals surface area contributed by atoms with Gasteiger partial charge in [0.25, 0.3) is 0 Å². The monoisotopic (exact) mass is 427 g/mol. The standard InChI is InChI=1S/C13H10Br2F3NS/c1-7(12-5-9(15)6-20-12)19-11-3-2-8(14)4-10(11)13(16,17)18/h2-7,19H,1H3. The molecular weight excluding hydrogens is 419 g/mol. The molecule has 0 aliphatic rings. The highest BCUT2D eigenvalue weighted by Gasteiger charge is 2.34. The van der Waals surface area contributed by atoms with Crippen molar-refractivity contribution in [3.63, 3.8) is 0 Å². The van der Waals surface area contributed by atoms with E-state index >= 15 is 0 Å². The quantitative estimate of drug-likeness (QED) is 0.591. The van der Waals surface area contributed by atoms with Gasteiger partial charge in [-0.15, -0.1) is 11.3 Å². The Hall–Kier alpha value is -0.530. The first-order valence-corrected chi connectivity index (χ1v) is 8.11. The van der Waals surface area contributed by atoms with Gasteiger partial charge in [-0.3, -0.25) is 0 Å². The second-order valence-corrected chi connectivity index (χ2v) is 7.00. The minimum atomic E-state index is -4.39. The van der Waals surface area contributed by atoms with Crippen molar-refractivity contribution in [3.05, 3.63) is 49.0 Å². The third kappa shape index (κ3) is 3.77. The summed E-state index contributed by atoms with van der Waals surface area (Å²) in [5.74, 6) is 0. The molecule has 0 bridgehead atoms. The second kappa shape index (κ2) is 6.07. The normalized spacial score (nSPS) is 13.3. The topological polar surface area (TPSA) is 12.0 Å². The lowest BCUT2D eigenvalue weighted by Crippen LogP contribution is -2.13. The predicted molar refractivity (Wildman–Crippen MR) is 83.2 cm³/mol. The number of alkyl halides is 3. The highest BCUT2D eigenvalue weighted by Crippen LogP contribution is 2.38. The van der Waals surface area contributed by atoms with E-state index < -0.39 is 11.7 Å². The zero-order valence-electron chi connectivity index (χ0n) is 10.3. The van der Waals surface area contributed by atoms with Crippen LogP contribution in [0.25, 0.3) is 0 Å². The van der Waals surface area contributed by atoms with Gasteiger partial charge in [0.05, 0.1) is 11.6 Å².